The summed E-state index contributed by atoms with van der Waals surface area (Å²) in [6, 6.07) is 17.6. The number of H-pyrrole nitrogens is 2. The van der Waals surface area contributed by atoms with Crippen molar-refractivity contribution in [1.82, 2.24) is 30.2 Å². The zero-order valence-corrected chi connectivity index (χ0v) is 25.3. The Kier molecular flexibility index (Phi) is 5.71. The van der Waals surface area contributed by atoms with Gasteiger partial charge in [-0.25, -0.2) is 14.8 Å². The summed E-state index contributed by atoms with van der Waals surface area (Å²) in [7, 11) is 0. The number of rotatable bonds is 5. The van der Waals surface area contributed by atoms with Crippen LogP contribution in [0.5, 0.6) is 0 Å². The van der Waals surface area contributed by atoms with E-state index < -0.39 is 5.60 Å². The lowest BCUT2D eigenvalue weighted by molar-refractivity contribution is 0.0160. The van der Waals surface area contributed by atoms with Crippen LogP contribution in [-0.4, -0.2) is 42.6 Å². The summed E-state index contributed by atoms with van der Waals surface area (Å²) < 4.78 is 5.76. The van der Waals surface area contributed by atoms with Crippen molar-refractivity contribution in [2.45, 2.75) is 71.2 Å². The van der Waals surface area contributed by atoms with Gasteiger partial charge < -0.3 is 20.0 Å². The molecular formula is C35H38N6O2. The number of ether oxygens (including phenoxy) is 1. The Morgan fingerprint density at radius 3 is 1.98 bits per heavy atom. The van der Waals surface area contributed by atoms with Crippen molar-refractivity contribution in [2.24, 2.45) is 17.8 Å². The van der Waals surface area contributed by atoms with Gasteiger partial charge in [0.25, 0.3) is 0 Å². The van der Waals surface area contributed by atoms with E-state index >= 15 is 0 Å². The second kappa shape index (κ2) is 9.33. The van der Waals surface area contributed by atoms with E-state index in [0.717, 1.165) is 58.1 Å². The number of nitrogens with one attached hydrogen (secondary N) is 3. The summed E-state index contributed by atoms with van der Waals surface area (Å²) in [5.41, 5.74) is 8.88. The molecule has 2 aromatic heterocycles. The second-order valence-corrected chi connectivity index (χ2v) is 13.8. The maximum Gasteiger partial charge on any atom is 0.411 e. The van der Waals surface area contributed by atoms with Gasteiger partial charge in [-0.2, -0.15) is 0 Å². The number of piperidine rings is 1. The summed E-state index contributed by atoms with van der Waals surface area (Å²) in [6.45, 7) is 10.2. The van der Waals surface area contributed by atoms with Crippen LogP contribution in [0.3, 0.4) is 0 Å². The molecule has 8 heteroatoms. The summed E-state index contributed by atoms with van der Waals surface area (Å²) >= 11 is 0. The molecule has 2 aromatic carbocycles. The van der Waals surface area contributed by atoms with Crippen LogP contribution in [0.25, 0.3) is 33.6 Å². The Labute approximate surface area is 252 Å². The van der Waals surface area contributed by atoms with Gasteiger partial charge in [-0.15, -0.1) is 0 Å². The third-order valence-electron chi connectivity index (χ3n) is 9.84. The number of allylic oxidation sites excluding steroid dienone is 2. The van der Waals surface area contributed by atoms with E-state index in [2.05, 4.69) is 82.6 Å². The average molecular weight is 575 g/mol. The average Bonchev–Trinajstić information content (AvgIpc) is 3.53. The largest absolute Gasteiger partial charge is 0.444 e. The molecule has 0 spiro atoms. The molecule has 4 heterocycles. The third-order valence-corrected chi connectivity index (χ3v) is 9.84. The molecule has 0 radical (unpaired) electrons. The molecule has 2 saturated heterocycles. The Hall–Kier alpha value is -4.33. The van der Waals surface area contributed by atoms with Gasteiger partial charge in [-0.3, -0.25) is 4.90 Å². The van der Waals surface area contributed by atoms with Crippen molar-refractivity contribution in [1.29, 1.82) is 0 Å². The van der Waals surface area contributed by atoms with Crippen molar-refractivity contribution < 1.29 is 9.53 Å². The highest BCUT2D eigenvalue weighted by Crippen LogP contribution is 2.57. The first-order chi connectivity index (χ1) is 20.6. The van der Waals surface area contributed by atoms with E-state index in [9.17, 15) is 4.79 Å². The predicted octanol–water partition coefficient (Wildman–Crippen LogP) is 7.39. The Balaban J connectivity index is 0.951. The highest BCUT2D eigenvalue weighted by atomic mass is 16.6. The van der Waals surface area contributed by atoms with Crippen LogP contribution in [0.1, 0.15) is 71.2 Å². The zero-order valence-electron chi connectivity index (χ0n) is 25.3. The van der Waals surface area contributed by atoms with Gasteiger partial charge in [-0.05, 0) is 80.2 Å². The lowest BCUT2D eigenvalue weighted by Gasteiger charge is -2.30. The number of likely N-dealkylation sites (tertiary alicyclic amines) is 1. The van der Waals surface area contributed by atoms with E-state index in [1.54, 1.807) is 0 Å². The minimum atomic E-state index is -0.526. The number of amides is 1. The smallest absolute Gasteiger partial charge is 0.411 e. The minimum Gasteiger partial charge on any atom is -0.444 e. The maximum absolute atomic E-state index is 13.1. The molecule has 3 fully saturated rings. The lowest BCUT2D eigenvalue weighted by atomic mass is 10.0. The van der Waals surface area contributed by atoms with Crippen LogP contribution in [0.2, 0.25) is 0 Å². The highest BCUT2D eigenvalue weighted by molar-refractivity contribution is 5.72. The topological polar surface area (TPSA) is 98.9 Å². The first-order valence-corrected chi connectivity index (χ1v) is 15.4. The van der Waals surface area contributed by atoms with Crippen molar-refractivity contribution in [3.05, 3.63) is 83.8 Å². The standard InChI is InChI=1S/C35H38N6O2/c1-18-24-14-26(38-30(18)24)32-36-16-27(39-32)22-10-6-20(7-11-22)21-8-12-23(13-9-21)28-17-37-33(40-28)29-15-25-19(2)31(25)41(29)34(42)43-35(3,4)5/h6-13,16-17,19,24-26,29,31,38H,14-15H2,1-5H3,(H,36,39)(H,37,40)/t19-,24+,25+,26+,29+,31-/m1/s1. The van der Waals surface area contributed by atoms with Crippen molar-refractivity contribution in [3.8, 4) is 33.6 Å². The summed E-state index contributed by atoms with van der Waals surface area (Å²) in [6.07, 6.45) is 5.59. The van der Waals surface area contributed by atoms with E-state index in [1.807, 2.05) is 38.1 Å². The zero-order chi connectivity index (χ0) is 29.6. The van der Waals surface area contributed by atoms with Gasteiger partial charge in [0.1, 0.15) is 17.2 Å². The molecule has 2 aliphatic carbocycles. The van der Waals surface area contributed by atoms with Crippen molar-refractivity contribution >= 4 is 6.09 Å². The quantitative estimate of drug-likeness (QED) is 0.231. The van der Waals surface area contributed by atoms with Crippen LogP contribution in [0.15, 0.2) is 72.2 Å². The first-order valence-electron chi connectivity index (χ1n) is 15.4. The van der Waals surface area contributed by atoms with E-state index in [0.29, 0.717) is 17.8 Å². The first kappa shape index (κ1) is 26.3. The molecule has 8 nitrogen and oxygen atoms in total. The van der Waals surface area contributed by atoms with Gasteiger partial charge in [0.2, 0.25) is 0 Å². The number of hydrogen-bond acceptors (Lipinski definition) is 5. The molecule has 3 N–H and O–H groups in total. The number of aromatic amines is 2. The maximum atomic E-state index is 13.1. The van der Waals surface area contributed by atoms with Crippen LogP contribution >= 0.6 is 0 Å². The van der Waals surface area contributed by atoms with Crippen molar-refractivity contribution in [2.75, 3.05) is 0 Å². The van der Waals surface area contributed by atoms with E-state index in [4.69, 9.17) is 9.72 Å². The number of hydrogen-bond donors (Lipinski definition) is 3. The molecule has 2 aliphatic heterocycles. The van der Waals surface area contributed by atoms with Crippen LogP contribution in [0, 0.1) is 17.8 Å². The Morgan fingerprint density at radius 1 is 0.860 bits per heavy atom. The number of aromatic nitrogens is 4. The number of carbonyl (C=O) groups is 1. The molecule has 6 atom stereocenters. The molecule has 0 unspecified atom stereocenters. The summed E-state index contributed by atoms with van der Waals surface area (Å²) in [5.74, 6) is 3.52. The molecule has 4 aromatic rings. The number of imidazole rings is 2. The van der Waals surface area contributed by atoms with E-state index in [1.165, 1.54) is 11.3 Å². The Morgan fingerprint density at radius 2 is 1.42 bits per heavy atom. The highest BCUT2D eigenvalue weighted by Gasteiger charge is 2.61. The minimum absolute atomic E-state index is 0.0832. The molecule has 43 heavy (non-hydrogen) atoms. The number of fused-ring (bicyclic) bond motifs is 2. The van der Waals surface area contributed by atoms with Gasteiger partial charge in [0, 0.05) is 17.7 Å². The molecular weight excluding hydrogens is 536 g/mol. The number of nitrogens with zero attached hydrogens (tertiary/aromatic N) is 3. The third kappa shape index (κ3) is 4.55. The molecule has 0 bridgehead atoms. The molecule has 1 amide bonds. The SMILES string of the molecule is CC1=C2N[C@H](c3ncc(-c4ccc(-c5ccc(-c6cnc([C@@H]7C[C@H]8[C@@H](C)[C@H]8N7C(=O)OC(C)(C)C)[nH]6)cc5)cc4)[nH]3)C[C@@H]12. The van der Waals surface area contributed by atoms with Gasteiger partial charge in [-0.1, -0.05) is 55.5 Å². The number of carbonyl (C=O) groups excluding carboxylic acids is 1. The predicted molar refractivity (Wildman–Crippen MR) is 166 cm³/mol. The van der Waals surface area contributed by atoms with Gasteiger partial charge in [0.15, 0.2) is 0 Å². The molecule has 220 valence electrons. The fourth-order valence-corrected chi connectivity index (χ4v) is 7.28. The molecule has 8 rings (SSSR count). The fourth-order valence-electron chi connectivity index (χ4n) is 7.28. The number of benzene rings is 2. The normalized spacial score (nSPS) is 27.1. The summed E-state index contributed by atoms with van der Waals surface area (Å²) in [4.78, 5) is 31.5. The monoisotopic (exact) mass is 574 g/mol. The molecule has 1 saturated carbocycles. The summed E-state index contributed by atoms with van der Waals surface area (Å²) in [5, 5.41) is 3.60. The fraction of sp³-hybridized carbons (Fsp3) is 0.400. The van der Waals surface area contributed by atoms with Crippen molar-refractivity contribution in [3.63, 3.8) is 0 Å². The van der Waals surface area contributed by atoms with Crippen LogP contribution in [0.4, 0.5) is 4.79 Å². The van der Waals surface area contributed by atoms with Crippen LogP contribution < -0.4 is 5.32 Å². The van der Waals surface area contributed by atoms with Crippen LogP contribution in [-0.2, 0) is 4.74 Å². The Bertz CT molecular complexity index is 1740. The van der Waals surface area contributed by atoms with E-state index in [-0.39, 0.29) is 24.2 Å². The molecule has 4 aliphatic rings. The lowest BCUT2D eigenvalue weighted by Crippen LogP contribution is -2.39. The second-order valence-electron chi connectivity index (χ2n) is 13.8. The van der Waals surface area contributed by atoms with Gasteiger partial charge in [0.05, 0.1) is 35.9 Å². The van der Waals surface area contributed by atoms with Gasteiger partial charge >= 0.3 is 6.09 Å².